The molecule has 3 N–H and O–H groups in total. The molecule has 2 aliphatic heterocycles. The summed E-state index contributed by atoms with van der Waals surface area (Å²) in [6, 6.07) is 5.19. The zero-order chi connectivity index (χ0) is 26.5. The van der Waals surface area contributed by atoms with Crippen molar-refractivity contribution in [2.24, 2.45) is 5.73 Å². The number of likely N-dealkylation sites (tertiary alicyclic amines) is 1. The molecule has 2 aliphatic rings. The van der Waals surface area contributed by atoms with Crippen molar-refractivity contribution in [1.82, 2.24) is 19.0 Å². The minimum atomic E-state index is -0.712. The van der Waals surface area contributed by atoms with Gasteiger partial charge in [0.05, 0.1) is 31.0 Å². The third-order valence-electron chi connectivity index (χ3n) is 6.42. The van der Waals surface area contributed by atoms with Crippen LogP contribution in [0.3, 0.4) is 0 Å². The number of nitriles is 1. The molecule has 1 fully saturated rings. The number of piperidine rings is 1. The summed E-state index contributed by atoms with van der Waals surface area (Å²) in [6.45, 7) is 4.46. The summed E-state index contributed by atoms with van der Waals surface area (Å²) < 4.78 is 7.31. The molecule has 12 heteroatoms. The van der Waals surface area contributed by atoms with Gasteiger partial charge >= 0.3 is 11.7 Å². The molecule has 2 atom stereocenters. The van der Waals surface area contributed by atoms with E-state index in [-0.39, 0.29) is 48.5 Å². The first-order valence-corrected chi connectivity index (χ1v) is 12.2. The van der Waals surface area contributed by atoms with Gasteiger partial charge in [0.25, 0.3) is 5.56 Å². The van der Waals surface area contributed by atoms with E-state index in [9.17, 15) is 19.6 Å². The van der Waals surface area contributed by atoms with Crippen molar-refractivity contribution >= 4 is 17.5 Å². The van der Waals surface area contributed by atoms with Crippen LogP contribution in [0.2, 0.25) is 0 Å². The molecule has 2 aromatic rings. The van der Waals surface area contributed by atoms with Crippen LogP contribution in [0.25, 0.3) is 0 Å². The van der Waals surface area contributed by atoms with Gasteiger partial charge in [0.1, 0.15) is 24.1 Å². The number of pyridine rings is 1. The summed E-state index contributed by atoms with van der Waals surface area (Å²) in [4.78, 5) is 48.1. The number of nitrogens with zero attached hydrogens (tertiary/aromatic N) is 6. The molecule has 0 radical (unpaired) electrons. The van der Waals surface area contributed by atoms with E-state index in [0.717, 1.165) is 24.0 Å². The fourth-order valence-corrected chi connectivity index (χ4v) is 4.73. The molecule has 0 aliphatic carbocycles. The molecule has 0 saturated carbocycles. The van der Waals surface area contributed by atoms with Crippen LogP contribution in [-0.4, -0.2) is 63.6 Å². The Morgan fingerprint density at radius 3 is 2.86 bits per heavy atom. The van der Waals surface area contributed by atoms with E-state index in [4.69, 9.17) is 10.5 Å². The second kappa shape index (κ2) is 11.3. The third-order valence-corrected chi connectivity index (χ3v) is 6.42. The Morgan fingerprint density at radius 1 is 1.35 bits per heavy atom. The molecule has 2 unspecified atom stereocenters. The highest BCUT2D eigenvalue weighted by molar-refractivity contribution is 5.75. The fraction of sp³-hybridized carbons (Fsp3) is 0.480. The number of esters is 1. The van der Waals surface area contributed by atoms with E-state index < -0.39 is 30.1 Å². The van der Waals surface area contributed by atoms with Gasteiger partial charge in [-0.15, -0.1) is 5.92 Å². The molecule has 0 amide bonds. The van der Waals surface area contributed by atoms with Crippen LogP contribution in [0.5, 0.6) is 0 Å². The number of anilines is 2. The number of fused-ring (bicyclic) bond motifs is 1. The van der Waals surface area contributed by atoms with Crippen molar-refractivity contribution < 1.29 is 9.53 Å². The maximum absolute atomic E-state index is 13.9. The Kier molecular flexibility index (Phi) is 7.92. The fourth-order valence-electron chi connectivity index (χ4n) is 4.73. The standard InChI is InChI=1S/C25H30N8O4/c1-3-5-12-31-21-22(29-24(31)30-11-7-9-18(27)14-30)32(16-20(34)37-4-2)25(36)33(23(21)35)15-19-17(13-26)8-6-10-28-19/h6,8,10,18,24,29H,4,7,9,11-12,14-16,27H2,1-2H3. The summed E-state index contributed by atoms with van der Waals surface area (Å²) in [7, 11) is 0. The van der Waals surface area contributed by atoms with Crippen molar-refractivity contribution in [3.63, 3.8) is 0 Å². The van der Waals surface area contributed by atoms with Crippen LogP contribution in [0.15, 0.2) is 27.9 Å². The number of hydrogen-bond donors (Lipinski definition) is 2. The molecule has 2 aromatic heterocycles. The van der Waals surface area contributed by atoms with Crippen molar-refractivity contribution in [3.05, 3.63) is 50.4 Å². The second-order valence-corrected chi connectivity index (χ2v) is 8.84. The van der Waals surface area contributed by atoms with Crippen LogP contribution >= 0.6 is 0 Å². The third kappa shape index (κ3) is 5.21. The summed E-state index contributed by atoms with van der Waals surface area (Å²) in [5, 5.41) is 12.8. The van der Waals surface area contributed by atoms with Crippen molar-refractivity contribution in [1.29, 1.82) is 5.26 Å². The molecule has 0 bridgehead atoms. The number of nitrogens with two attached hydrogens (primary N) is 1. The molecule has 194 valence electrons. The Bertz CT molecular complexity index is 1400. The number of ether oxygens (including phenoxy) is 1. The highest BCUT2D eigenvalue weighted by Gasteiger charge is 2.40. The maximum Gasteiger partial charge on any atom is 0.333 e. The SMILES string of the molecule is CC#CCN1c2c(n(CC(=O)OCC)c(=O)n(Cc3ncccc3C#N)c2=O)NC1N1CCCC(N)C1. The van der Waals surface area contributed by atoms with Crippen molar-refractivity contribution in [3.8, 4) is 17.9 Å². The molecule has 12 nitrogen and oxygen atoms in total. The van der Waals surface area contributed by atoms with Gasteiger partial charge in [-0.1, -0.05) is 5.92 Å². The monoisotopic (exact) mass is 506 g/mol. The van der Waals surface area contributed by atoms with E-state index in [1.54, 1.807) is 30.9 Å². The van der Waals surface area contributed by atoms with Crippen LogP contribution in [0.4, 0.5) is 11.5 Å². The molecule has 37 heavy (non-hydrogen) atoms. The van der Waals surface area contributed by atoms with Gasteiger partial charge in [0, 0.05) is 25.3 Å². The van der Waals surface area contributed by atoms with Gasteiger partial charge in [-0.2, -0.15) is 5.26 Å². The largest absolute Gasteiger partial charge is 0.465 e. The Balaban J connectivity index is 1.88. The zero-order valence-corrected chi connectivity index (χ0v) is 20.9. The van der Waals surface area contributed by atoms with Crippen molar-refractivity contribution in [2.45, 2.75) is 52.1 Å². The van der Waals surface area contributed by atoms with Gasteiger partial charge in [-0.05, 0) is 38.8 Å². The van der Waals surface area contributed by atoms with E-state index in [1.807, 2.05) is 6.07 Å². The number of carbonyl (C=O) groups is 1. The summed E-state index contributed by atoms with van der Waals surface area (Å²) >= 11 is 0. The highest BCUT2D eigenvalue weighted by Crippen LogP contribution is 2.32. The smallest absolute Gasteiger partial charge is 0.333 e. The minimum Gasteiger partial charge on any atom is -0.465 e. The first kappa shape index (κ1) is 25.9. The summed E-state index contributed by atoms with van der Waals surface area (Å²) in [6.07, 6.45) is 2.80. The topological polar surface area (TPSA) is 152 Å². The van der Waals surface area contributed by atoms with Gasteiger partial charge in [-0.25, -0.2) is 4.79 Å². The van der Waals surface area contributed by atoms with Gasteiger partial charge < -0.3 is 20.7 Å². The summed E-state index contributed by atoms with van der Waals surface area (Å²) in [5.41, 5.74) is 5.69. The van der Waals surface area contributed by atoms with E-state index >= 15 is 0 Å². The molecular formula is C25H30N8O4. The zero-order valence-electron chi connectivity index (χ0n) is 20.9. The van der Waals surface area contributed by atoms with Crippen LogP contribution in [0.1, 0.15) is 37.9 Å². The molecule has 1 saturated heterocycles. The van der Waals surface area contributed by atoms with E-state index in [0.29, 0.717) is 6.54 Å². The van der Waals surface area contributed by atoms with Crippen LogP contribution in [0, 0.1) is 23.2 Å². The predicted octanol–water partition coefficient (Wildman–Crippen LogP) is -0.150. The lowest BCUT2D eigenvalue weighted by atomic mass is 10.1. The Morgan fingerprint density at radius 2 is 2.16 bits per heavy atom. The van der Waals surface area contributed by atoms with Crippen LogP contribution < -0.4 is 27.2 Å². The van der Waals surface area contributed by atoms with Crippen molar-refractivity contribution in [2.75, 3.05) is 36.5 Å². The predicted molar refractivity (Wildman–Crippen MR) is 137 cm³/mol. The Hall–Kier alpha value is -4.13. The molecular weight excluding hydrogens is 476 g/mol. The molecule has 4 rings (SSSR count). The number of nitrogens with one attached hydrogen (secondary N) is 1. The van der Waals surface area contributed by atoms with Gasteiger partial charge in [0.15, 0.2) is 6.29 Å². The van der Waals surface area contributed by atoms with Crippen LogP contribution in [-0.2, 0) is 22.6 Å². The number of aromatic nitrogens is 3. The average Bonchev–Trinajstić information content (AvgIpc) is 3.27. The first-order valence-electron chi connectivity index (χ1n) is 12.2. The molecule has 4 heterocycles. The van der Waals surface area contributed by atoms with Gasteiger partial charge in [0.2, 0.25) is 0 Å². The quantitative estimate of drug-likeness (QED) is 0.383. The van der Waals surface area contributed by atoms with E-state index in [2.05, 4.69) is 27.0 Å². The normalized spacial score (nSPS) is 18.8. The lowest BCUT2D eigenvalue weighted by Crippen LogP contribution is -2.56. The lowest BCUT2D eigenvalue weighted by molar-refractivity contribution is -0.143. The highest BCUT2D eigenvalue weighted by atomic mass is 16.5. The lowest BCUT2D eigenvalue weighted by Gasteiger charge is -2.39. The Labute approximate surface area is 214 Å². The maximum atomic E-state index is 13.9. The number of hydrogen-bond acceptors (Lipinski definition) is 10. The van der Waals surface area contributed by atoms with E-state index in [1.165, 1.54) is 10.8 Å². The summed E-state index contributed by atoms with van der Waals surface area (Å²) in [5.74, 6) is 5.49. The second-order valence-electron chi connectivity index (χ2n) is 8.84. The minimum absolute atomic E-state index is 0.0229. The number of rotatable bonds is 7. The first-order chi connectivity index (χ1) is 17.9. The van der Waals surface area contributed by atoms with Gasteiger partial charge in [-0.3, -0.25) is 28.6 Å². The number of carbonyl (C=O) groups excluding carboxylic acids is 1. The average molecular weight is 507 g/mol. The molecule has 0 aromatic carbocycles. The molecule has 0 spiro atoms.